The smallest absolute Gasteiger partial charge is 0.348 e. The van der Waals surface area contributed by atoms with Gasteiger partial charge in [-0.15, -0.1) is 0 Å². The number of aromatic amines is 1. The predicted molar refractivity (Wildman–Crippen MR) is 57.0 cm³/mol. The second-order valence-electron chi connectivity index (χ2n) is 3.31. The van der Waals surface area contributed by atoms with Gasteiger partial charge in [-0.05, 0) is 6.42 Å². The fourth-order valence-electron chi connectivity index (χ4n) is 1.30. The number of anilines is 1. The van der Waals surface area contributed by atoms with E-state index in [0.717, 1.165) is 25.2 Å². The van der Waals surface area contributed by atoms with Gasteiger partial charge in [0.25, 0.3) is 0 Å². The van der Waals surface area contributed by atoms with Gasteiger partial charge >= 0.3 is 5.69 Å². The van der Waals surface area contributed by atoms with E-state index in [1.54, 1.807) is 6.07 Å². The van der Waals surface area contributed by atoms with Crippen LogP contribution in [0.4, 0.5) is 5.82 Å². The maximum absolute atomic E-state index is 11.1. The summed E-state index contributed by atoms with van der Waals surface area (Å²) in [6.07, 6.45) is 3.70. The molecule has 0 unspecified atom stereocenters. The molecule has 2 heterocycles. The quantitative estimate of drug-likeness (QED) is 0.721. The van der Waals surface area contributed by atoms with Gasteiger partial charge in [0.15, 0.2) is 5.65 Å². The molecule has 0 aliphatic rings. The first-order chi connectivity index (χ1) is 7.31. The highest BCUT2D eigenvalue weighted by Crippen LogP contribution is 2.04. The van der Waals surface area contributed by atoms with Crippen molar-refractivity contribution in [3.63, 3.8) is 0 Å². The Morgan fingerprint density at radius 1 is 1.60 bits per heavy atom. The van der Waals surface area contributed by atoms with Gasteiger partial charge in [-0.25, -0.2) is 19.3 Å². The monoisotopic (exact) mass is 207 g/mol. The largest absolute Gasteiger partial charge is 0.370 e. The second-order valence-corrected chi connectivity index (χ2v) is 3.31. The maximum atomic E-state index is 11.1. The summed E-state index contributed by atoms with van der Waals surface area (Å²) in [7, 11) is 0. The summed E-state index contributed by atoms with van der Waals surface area (Å²) in [5.41, 5.74) is 0.312. The van der Waals surface area contributed by atoms with E-state index in [4.69, 9.17) is 0 Å². The van der Waals surface area contributed by atoms with Crippen molar-refractivity contribution in [2.45, 2.75) is 19.8 Å². The number of H-pyrrole nitrogens is 1. The van der Waals surface area contributed by atoms with E-state index >= 15 is 0 Å². The molecule has 0 aliphatic heterocycles. The van der Waals surface area contributed by atoms with Crippen molar-refractivity contribution in [1.29, 1.82) is 0 Å². The minimum absolute atomic E-state index is 0.266. The van der Waals surface area contributed by atoms with Gasteiger partial charge in [-0.1, -0.05) is 13.3 Å². The third-order valence-electron chi connectivity index (χ3n) is 2.15. The van der Waals surface area contributed by atoms with Crippen LogP contribution in [0.2, 0.25) is 0 Å². The van der Waals surface area contributed by atoms with E-state index in [-0.39, 0.29) is 5.69 Å². The number of aromatic nitrogens is 4. The first-order valence-electron chi connectivity index (χ1n) is 4.98. The summed E-state index contributed by atoms with van der Waals surface area (Å²) >= 11 is 0. The number of fused-ring (bicyclic) bond motifs is 1. The van der Waals surface area contributed by atoms with Crippen molar-refractivity contribution in [2.75, 3.05) is 11.9 Å². The molecule has 0 spiro atoms. The highest BCUT2D eigenvalue weighted by atomic mass is 16.1. The van der Waals surface area contributed by atoms with Gasteiger partial charge in [0.05, 0.1) is 0 Å². The van der Waals surface area contributed by atoms with Gasteiger partial charge < -0.3 is 5.32 Å². The minimum Gasteiger partial charge on any atom is -0.370 e. The van der Waals surface area contributed by atoms with Crippen LogP contribution in [0.3, 0.4) is 0 Å². The number of nitrogens with zero attached hydrogens (tertiary/aromatic N) is 3. The van der Waals surface area contributed by atoms with Crippen LogP contribution in [0.25, 0.3) is 5.65 Å². The van der Waals surface area contributed by atoms with E-state index in [0.29, 0.717) is 5.65 Å². The Morgan fingerprint density at radius 3 is 3.27 bits per heavy atom. The van der Waals surface area contributed by atoms with Crippen molar-refractivity contribution in [1.82, 2.24) is 19.6 Å². The average Bonchev–Trinajstić information content (AvgIpc) is 2.61. The van der Waals surface area contributed by atoms with Crippen LogP contribution in [-0.4, -0.2) is 26.1 Å². The molecular weight excluding hydrogens is 194 g/mol. The molecule has 0 aromatic carbocycles. The fourth-order valence-corrected chi connectivity index (χ4v) is 1.30. The van der Waals surface area contributed by atoms with E-state index in [9.17, 15) is 4.79 Å². The standard InChI is InChI=1S/C9H13N5O/c1-2-3-4-10-7-5-8-12-13-9(15)14(8)6-11-7/h5-6,10H,2-4H2,1H3,(H,13,15). The predicted octanol–water partition coefficient (Wildman–Crippen LogP) is 0.630. The van der Waals surface area contributed by atoms with Crippen molar-refractivity contribution >= 4 is 11.5 Å². The van der Waals surface area contributed by atoms with Gasteiger partial charge in [0.1, 0.15) is 12.1 Å². The molecule has 0 atom stereocenters. The molecule has 0 radical (unpaired) electrons. The van der Waals surface area contributed by atoms with Crippen LogP contribution in [-0.2, 0) is 0 Å². The van der Waals surface area contributed by atoms with Crippen LogP contribution in [0.15, 0.2) is 17.2 Å². The van der Waals surface area contributed by atoms with E-state index in [2.05, 4.69) is 27.4 Å². The Kier molecular flexibility index (Phi) is 2.66. The second kappa shape index (κ2) is 4.12. The van der Waals surface area contributed by atoms with Crippen molar-refractivity contribution in [3.8, 4) is 0 Å². The van der Waals surface area contributed by atoms with Crippen LogP contribution < -0.4 is 11.0 Å². The number of nitrogens with one attached hydrogen (secondary N) is 2. The van der Waals surface area contributed by atoms with Crippen LogP contribution >= 0.6 is 0 Å². The van der Waals surface area contributed by atoms with Gasteiger partial charge in [0, 0.05) is 12.6 Å². The lowest BCUT2D eigenvalue weighted by Crippen LogP contribution is -2.10. The Balaban J connectivity index is 2.20. The Labute approximate surface area is 86.3 Å². The number of unbranched alkanes of at least 4 members (excludes halogenated alkanes) is 1. The number of rotatable bonds is 4. The average molecular weight is 207 g/mol. The molecule has 6 heteroatoms. The molecular formula is C9H13N5O. The molecule has 0 saturated heterocycles. The molecule has 2 rings (SSSR count). The SMILES string of the molecule is CCCCNc1cc2n[nH]c(=O)n2cn1. The zero-order valence-corrected chi connectivity index (χ0v) is 8.53. The van der Waals surface area contributed by atoms with Gasteiger partial charge in [-0.2, -0.15) is 5.10 Å². The zero-order valence-electron chi connectivity index (χ0n) is 8.53. The molecule has 0 bridgehead atoms. The van der Waals surface area contributed by atoms with Gasteiger partial charge in [-0.3, -0.25) is 0 Å². The lowest BCUT2D eigenvalue weighted by molar-refractivity contribution is 0.830. The summed E-state index contributed by atoms with van der Waals surface area (Å²) in [5, 5.41) is 9.38. The Bertz CT molecular complexity index is 500. The highest BCUT2D eigenvalue weighted by molar-refractivity contribution is 5.48. The van der Waals surface area contributed by atoms with Crippen LogP contribution in [0, 0.1) is 0 Å². The molecule has 2 aromatic rings. The normalized spacial score (nSPS) is 10.7. The summed E-state index contributed by atoms with van der Waals surface area (Å²) in [5.74, 6) is 0.745. The van der Waals surface area contributed by atoms with E-state index in [1.807, 2.05) is 0 Å². The molecule has 0 fully saturated rings. The van der Waals surface area contributed by atoms with Gasteiger partial charge in [0.2, 0.25) is 0 Å². The first-order valence-corrected chi connectivity index (χ1v) is 4.98. The third kappa shape index (κ3) is 1.98. The zero-order chi connectivity index (χ0) is 10.7. The lowest BCUT2D eigenvalue weighted by atomic mass is 10.3. The van der Waals surface area contributed by atoms with E-state index in [1.165, 1.54) is 10.7 Å². The maximum Gasteiger partial charge on any atom is 0.348 e. The molecule has 2 aromatic heterocycles. The lowest BCUT2D eigenvalue weighted by Gasteiger charge is -2.03. The molecule has 2 N–H and O–H groups in total. The molecule has 0 saturated carbocycles. The van der Waals surface area contributed by atoms with Crippen molar-refractivity contribution < 1.29 is 0 Å². The van der Waals surface area contributed by atoms with E-state index < -0.39 is 0 Å². The molecule has 0 aliphatic carbocycles. The summed E-state index contributed by atoms with van der Waals surface area (Å²) < 4.78 is 1.37. The fraction of sp³-hybridized carbons (Fsp3) is 0.444. The highest BCUT2D eigenvalue weighted by Gasteiger charge is 2.01. The number of hydrogen-bond acceptors (Lipinski definition) is 4. The summed E-state index contributed by atoms with van der Waals surface area (Å²) in [6.45, 7) is 3.01. The third-order valence-corrected chi connectivity index (χ3v) is 2.15. The summed E-state index contributed by atoms with van der Waals surface area (Å²) in [4.78, 5) is 15.2. The molecule has 80 valence electrons. The first kappa shape index (κ1) is 9.70. The Hall–Kier alpha value is -1.85. The van der Waals surface area contributed by atoms with Crippen LogP contribution in [0.1, 0.15) is 19.8 Å². The minimum atomic E-state index is -0.266. The molecule has 6 nitrogen and oxygen atoms in total. The van der Waals surface area contributed by atoms with Crippen molar-refractivity contribution in [3.05, 3.63) is 22.9 Å². The molecule has 0 amide bonds. The van der Waals surface area contributed by atoms with Crippen molar-refractivity contribution in [2.24, 2.45) is 0 Å². The summed E-state index contributed by atoms with van der Waals surface area (Å²) in [6, 6.07) is 1.74. The molecule has 15 heavy (non-hydrogen) atoms. The Morgan fingerprint density at radius 2 is 2.47 bits per heavy atom. The topological polar surface area (TPSA) is 75.1 Å². The number of hydrogen-bond donors (Lipinski definition) is 2. The van der Waals surface area contributed by atoms with Crippen LogP contribution in [0.5, 0.6) is 0 Å².